The summed E-state index contributed by atoms with van der Waals surface area (Å²) in [4.78, 5) is 39.8. The third-order valence-electron chi connectivity index (χ3n) is 9.00. The number of halogens is 2. The Morgan fingerprint density at radius 2 is 1.51 bits per heavy atom. The first kappa shape index (κ1) is 24.7. The summed E-state index contributed by atoms with van der Waals surface area (Å²) in [6.45, 7) is 0. The van der Waals surface area contributed by atoms with Crippen LogP contribution in [0.2, 0.25) is 10.0 Å². The van der Waals surface area contributed by atoms with Crippen molar-refractivity contribution >= 4 is 52.8 Å². The summed E-state index contributed by atoms with van der Waals surface area (Å²) in [5, 5.41) is 3.10. The van der Waals surface area contributed by atoms with Crippen molar-refractivity contribution in [3.63, 3.8) is 0 Å². The van der Waals surface area contributed by atoms with Crippen molar-refractivity contribution in [2.75, 3.05) is 4.90 Å². The minimum atomic E-state index is -0.765. The third-order valence-corrected chi connectivity index (χ3v) is 9.73. The minimum Gasteiger partial charge on any atom is -0.457 e. The molecule has 0 radical (unpaired) electrons. The molecule has 1 N–H and O–H groups in total. The van der Waals surface area contributed by atoms with Crippen LogP contribution in [-0.2, 0) is 15.0 Å². The molecule has 1 saturated heterocycles. The second-order valence-corrected chi connectivity index (χ2v) is 12.3. The van der Waals surface area contributed by atoms with Gasteiger partial charge in [-0.1, -0.05) is 35.3 Å². The van der Waals surface area contributed by atoms with E-state index in [1.807, 2.05) is 12.1 Å². The summed E-state index contributed by atoms with van der Waals surface area (Å²) in [6, 6.07) is 15.5. The van der Waals surface area contributed by atoms with Gasteiger partial charge in [0.1, 0.15) is 17.1 Å². The van der Waals surface area contributed by atoms with Crippen molar-refractivity contribution < 1.29 is 18.8 Å². The molecule has 1 aliphatic heterocycles. The lowest BCUT2D eigenvalue weighted by atomic mass is 9.48. The number of carbonyl (C=O) groups excluding carboxylic acids is 3. The average molecular weight is 561 g/mol. The maximum absolute atomic E-state index is 13.4. The lowest BCUT2D eigenvalue weighted by Crippen LogP contribution is -2.54. The van der Waals surface area contributed by atoms with Gasteiger partial charge in [-0.3, -0.25) is 14.9 Å². The molecule has 8 heteroatoms. The van der Waals surface area contributed by atoms with E-state index in [4.69, 9.17) is 27.6 Å². The van der Waals surface area contributed by atoms with E-state index < -0.39 is 17.8 Å². The van der Waals surface area contributed by atoms with Gasteiger partial charge in [-0.05, 0) is 116 Å². The number of carbonyl (C=O) groups is 3. The van der Waals surface area contributed by atoms with Crippen LogP contribution in [0.1, 0.15) is 49.8 Å². The summed E-state index contributed by atoms with van der Waals surface area (Å²) in [5.41, 5.74) is 2.46. The van der Waals surface area contributed by atoms with Gasteiger partial charge in [0.15, 0.2) is 0 Å². The van der Waals surface area contributed by atoms with Crippen LogP contribution in [0, 0.1) is 17.8 Å². The molecule has 3 aromatic rings. The van der Waals surface area contributed by atoms with E-state index in [2.05, 4.69) is 17.4 Å². The first-order chi connectivity index (χ1) is 18.8. The van der Waals surface area contributed by atoms with Gasteiger partial charge in [0.05, 0.1) is 15.7 Å². The Morgan fingerprint density at radius 1 is 0.846 bits per heavy atom. The summed E-state index contributed by atoms with van der Waals surface area (Å²) < 4.78 is 5.85. The van der Waals surface area contributed by atoms with Crippen LogP contribution < -0.4 is 10.2 Å². The number of benzene rings is 2. The number of furan rings is 1. The van der Waals surface area contributed by atoms with E-state index in [9.17, 15) is 14.4 Å². The average Bonchev–Trinajstić information content (AvgIpc) is 3.36. The standard InChI is InChI=1S/C31H26Cl2N2O4/c32-25-7-1-20(12-26(25)33)27-8-6-23(39-27)13-24-28(36)34-30(38)35(29(24)37)22-4-2-21(3-5-22)31-14-17-9-18(15-31)11-19(10-17)16-31/h1-8,12-13,17-19H,9-11,14-16H2,(H,34,36,38)/b24-13-. The van der Waals surface area contributed by atoms with Crippen molar-refractivity contribution in [3.05, 3.63) is 81.5 Å². The van der Waals surface area contributed by atoms with Crippen LogP contribution in [0.4, 0.5) is 10.5 Å². The van der Waals surface area contributed by atoms with Gasteiger partial charge in [-0.15, -0.1) is 0 Å². The molecule has 8 rings (SSSR count). The van der Waals surface area contributed by atoms with Gasteiger partial charge in [-0.25, -0.2) is 9.69 Å². The number of hydrogen-bond acceptors (Lipinski definition) is 4. The van der Waals surface area contributed by atoms with E-state index in [1.165, 1.54) is 50.2 Å². The minimum absolute atomic E-state index is 0.185. The Balaban J connectivity index is 1.15. The number of imide groups is 2. The quantitative estimate of drug-likeness (QED) is 0.266. The lowest BCUT2D eigenvalue weighted by Gasteiger charge is -2.57. The van der Waals surface area contributed by atoms with Crippen LogP contribution >= 0.6 is 23.2 Å². The zero-order valence-corrected chi connectivity index (χ0v) is 22.6. The number of anilines is 1. The zero-order chi connectivity index (χ0) is 26.9. The molecule has 5 fully saturated rings. The highest BCUT2D eigenvalue weighted by Crippen LogP contribution is 2.60. The predicted molar refractivity (Wildman–Crippen MR) is 149 cm³/mol. The van der Waals surface area contributed by atoms with E-state index in [1.54, 1.807) is 30.3 Å². The maximum atomic E-state index is 13.4. The molecule has 4 aliphatic carbocycles. The number of nitrogens with zero attached hydrogens (tertiary/aromatic N) is 1. The fraction of sp³-hybridized carbons (Fsp3) is 0.323. The first-order valence-corrected chi connectivity index (χ1v) is 14.1. The van der Waals surface area contributed by atoms with E-state index in [-0.39, 0.29) is 11.0 Å². The van der Waals surface area contributed by atoms with Crippen molar-refractivity contribution in [1.82, 2.24) is 5.32 Å². The van der Waals surface area contributed by atoms with Gasteiger partial charge in [-0.2, -0.15) is 0 Å². The number of hydrogen-bond donors (Lipinski definition) is 1. The van der Waals surface area contributed by atoms with E-state index in [0.29, 0.717) is 32.8 Å². The molecule has 1 aromatic heterocycles. The zero-order valence-electron chi connectivity index (χ0n) is 21.1. The largest absolute Gasteiger partial charge is 0.457 e. The van der Waals surface area contributed by atoms with Crippen molar-refractivity contribution in [1.29, 1.82) is 0 Å². The predicted octanol–water partition coefficient (Wildman–Crippen LogP) is 7.39. The maximum Gasteiger partial charge on any atom is 0.335 e. The van der Waals surface area contributed by atoms with Gasteiger partial charge < -0.3 is 4.42 Å². The molecule has 198 valence electrons. The monoisotopic (exact) mass is 560 g/mol. The summed E-state index contributed by atoms with van der Waals surface area (Å²) >= 11 is 12.1. The summed E-state index contributed by atoms with van der Waals surface area (Å²) in [7, 11) is 0. The van der Waals surface area contributed by atoms with Crippen molar-refractivity contribution in [2.45, 2.75) is 43.9 Å². The second kappa shape index (κ2) is 9.10. The smallest absolute Gasteiger partial charge is 0.335 e. The molecule has 4 bridgehead atoms. The first-order valence-electron chi connectivity index (χ1n) is 13.4. The van der Waals surface area contributed by atoms with Crippen LogP contribution in [0.3, 0.4) is 0 Å². The second-order valence-electron chi connectivity index (χ2n) is 11.5. The van der Waals surface area contributed by atoms with Gasteiger partial charge in [0, 0.05) is 5.56 Å². The molecule has 6 nitrogen and oxygen atoms in total. The Kier molecular flexibility index (Phi) is 5.76. The molecule has 0 unspecified atom stereocenters. The number of nitrogens with one attached hydrogen (secondary N) is 1. The molecular formula is C31H26Cl2N2O4. The SMILES string of the molecule is O=C1NC(=O)N(c2ccc(C34CC5CC(CC(C5)C3)C4)cc2)C(=O)/C1=C\c1ccc(-c2ccc(Cl)c(Cl)c2)o1. The number of amides is 4. The molecule has 5 aliphatic rings. The Hall–Kier alpha value is -3.35. The Labute approximate surface area is 236 Å². The fourth-order valence-corrected chi connectivity index (χ4v) is 8.00. The number of barbiturate groups is 1. The normalized spacial score (nSPS) is 28.9. The highest BCUT2D eigenvalue weighted by molar-refractivity contribution is 6.42. The highest BCUT2D eigenvalue weighted by atomic mass is 35.5. The topological polar surface area (TPSA) is 79.6 Å². The van der Waals surface area contributed by atoms with E-state index in [0.717, 1.165) is 22.7 Å². The molecular weight excluding hydrogens is 535 g/mol. The van der Waals surface area contributed by atoms with Gasteiger partial charge in [0.25, 0.3) is 11.8 Å². The molecule has 4 saturated carbocycles. The molecule has 0 spiro atoms. The molecule has 39 heavy (non-hydrogen) atoms. The van der Waals surface area contributed by atoms with Gasteiger partial charge in [0.2, 0.25) is 0 Å². The van der Waals surface area contributed by atoms with Crippen LogP contribution in [0.5, 0.6) is 0 Å². The molecule has 0 atom stereocenters. The van der Waals surface area contributed by atoms with E-state index >= 15 is 0 Å². The summed E-state index contributed by atoms with van der Waals surface area (Å²) in [6.07, 6.45) is 9.15. The number of rotatable bonds is 4. The molecule has 2 aromatic carbocycles. The van der Waals surface area contributed by atoms with Crippen LogP contribution in [0.25, 0.3) is 17.4 Å². The van der Waals surface area contributed by atoms with Crippen molar-refractivity contribution in [2.24, 2.45) is 17.8 Å². The Morgan fingerprint density at radius 3 is 2.15 bits per heavy atom. The fourth-order valence-electron chi connectivity index (χ4n) is 7.70. The summed E-state index contributed by atoms with van der Waals surface area (Å²) in [5.74, 6) is 1.80. The lowest BCUT2D eigenvalue weighted by molar-refractivity contribution is -0.122. The van der Waals surface area contributed by atoms with Gasteiger partial charge >= 0.3 is 6.03 Å². The third kappa shape index (κ3) is 4.21. The number of urea groups is 1. The van der Waals surface area contributed by atoms with Crippen LogP contribution in [-0.4, -0.2) is 17.8 Å². The van der Waals surface area contributed by atoms with Crippen molar-refractivity contribution in [3.8, 4) is 11.3 Å². The molecule has 2 heterocycles. The van der Waals surface area contributed by atoms with Crippen LogP contribution in [0.15, 0.2) is 64.6 Å². The molecule has 4 amide bonds. The Bertz CT molecular complexity index is 1520. The highest BCUT2D eigenvalue weighted by Gasteiger charge is 2.51.